The molecule has 1 aliphatic carbocycles. The van der Waals surface area contributed by atoms with E-state index in [0.717, 1.165) is 30.2 Å². The Labute approximate surface area is 128 Å². The molecule has 1 aliphatic rings. The third-order valence-electron chi connectivity index (χ3n) is 4.29. The number of nitrogen functional groups attached to an aromatic ring is 1. The molecule has 20 heavy (non-hydrogen) atoms. The van der Waals surface area contributed by atoms with Crippen LogP contribution in [0.25, 0.3) is 0 Å². The van der Waals surface area contributed by atoms with E-state index in [1.165, 1.54) is 0 Å². The Bertz CT molecular complexity index is 506. The Morgan fingerprint density at radius 2 is 2.05 bits per heavy atom. The lowest BCUT2D eigenvalue weighted by molar-refractivity contribution is 0.0636. The van der Waals surface area contributed by atoms with Crippen LogP contribution in [0.4, 0.5) is 5.82 Å². The highest BCUT2D eigenvalue weighted by molar-refractivity contribution is 9.10. The lowest BCUT2D eigenvalue weighted by Crippen LogP contribution is -2.41. The van der Waals surface area contributed by atoms with Crippen LogP contribution in [0.3, 0.4) is 0 Å². The molecule has 1 heterocycles. The van der Waals surface area contributed by atoms with Gasteiger partial charge in [-0.2, -0.15) is 0 Å². The van der Waals surface area contributed by atoms with Crippen molar-refractivity contribution in [1.29, 1.82) is 0 Å². The summed E-state index contributed by atoms with van der Waals surface area (Å²) < 4.78 is 0.772. The van der Waals surface area contributed by atoms with Crippen molar-refractivity contribution < 1.29 is 4.79 Å². The molecule has 0 aliphatic heterocycles. The summed E-state index contributed by atoms with van der Waals surface area (Å²) in [5.74, 6) is 0.252. The monoisotopic (exact) mass is 339 g/mol. The maximum absolute atomic E-state index is 12.6. The van der Waals surface area contributed by atoms with Crippen LogP contribution in [-0.2, 0) is 0 Å². The average Bonchev–Trinajstić information content (AvgIpc) is 2.40. The molecule has 1 aromatic heterocycles. The van der Waals surface area contributed by atoms with Gasteiger partial charge in [0.1, 0.15) is 5.82 Å². The van der Waals surface area contributed by atoms with Crippen LogP contribution in [0.2, 0.25) is 0 Å². The van der Waals surface area contributed by atoms with E-state index in [1.54, 1.807) is 12.3 Å². The highest BCUT2D eigenvalue weighted by Crippen LogP contribution is 2.37. The van der Waals surface area contributed by atoms with Gasteiger partial charge in [-0.1, -0.05) is 13.8 Å². The van der Waals surface area contributed by atoms with Crippen molar-refractivity contribution in [3.05, 3.63) is 22.3 Å². The summed E-state index contributed by atoms with van der Waals surface area (Å²) in [4.78, 5) is 18.4. The lowest BCUT2D eigenvalue weighted by Gasteiger charge is -2.38. The van der Waals surface area contributed by atoms with Crippen LogP contribution in [0.15, 0.2) is 16.7 Å². The quantitative estimate of drug-likeness (QED) is 0.897. The minimum atomic E-state index is -0.0407. The standard InChI is InChI=1S/C15H22BrN3O/c1-15(2)6-4-11(5-7-15)19(3)14(20)12-8-10(16)9-18-13(12)17/h8-9,11H,4-7H2,1-3H3,(H2,17,18). The third kappa shape index (κ3) is 3.32. The highest BCUT2D eigenvalue weighted by atomic mass is 79.9. The van der Waals surface area contributed by atoms with E-state index in [2.05, 4.69) is 34.8 Å². The van der Waals surface area contributed by atoms with Gasteiger partial charge in [0.25, 0.3) is 5.91 Å². The molecule has 1 fully saturated rings. The van der Waals surface area contributed by atoms with E-state index in [0.29, 0.717) is 22.8 Å². The first-order valence-corrected chi connectivity index (χ1v) is 7.78. The topological polar surface area (TPSA) is 59.2 Å². The number of aromatic nitrogens is 1. The fraction of sp³-hybridized carbons (Fsp3) is 0.600. The number of rotatable bonds is 2. The van der Waals surface area contributed by atoms with Crippen molar-refractivity contribution in [2.75, 3.05) is 12.8 Å². The van der Waals surface area contributed by atoms with Crippen LogP contribution < -0.4 is 5.73 Å². The minimum absolute atomic E-state index is 0.0407. The van der Waals surface area contributed by atoms with E-state index in [4.69, 9.17) is 5.73 Å². The van der Waals surface area contributed by atoms with Crippen molar-refractivity contribution >= 4 is 27.7 Å². The van der Waals surface area contributed by atoms with Gasteiger partial charge in [0.15, 0.2) is 0 Å². The summed E-state index contributed by atoms with van der Waals surface area (Å²) in [5, 5.41) is 0. The van der Waals surface area contributed by atoms with Gasteiger partial charge < -0.3 is 10.6 Å². The van der Waals surface area contributed by atoms with Crippen molar-refractivity contribution in [1.82, 2.24) is 9.88 Å². The lowest BCUT2D eigenvalue weighted by atomic mass is 9.75. The predicted molar refractivity (Wildman–Crippen MR) is 84.5 cm³/mol. The summed E-state index contributed by atoms with van der Waals surface area (Å²) in [7, 11) is 1.87. The smallest absolute Gasteiger partial charge is 0.257 e. The predicted octanol–water partition coefficient (Wildman–Crippen LogP) is 3.47. The van der Waals surface area contributed by atoms with Crippen molar-refractivity contribution in [2.24, 2.45) is 5.41 Å². The maximum Gasteiger partial charge on any atom is 0.257 e. The van der Waals surface area contributed by atoms with Gasteiger partial charge in [-0.25, -0.2) is 4.98 Å². The minimum Gasteiger partial charge on any atom is -0.383 e. The van der Waals surface area contributed by atoms with Gasteiger partial charge in [0, 0.05) is 23.8 Å². The van der Waals surface area contributed by atoms with Crippen molar-refractivity contribution in [3.63, 3.8) is 0 Å². The first kappa shape index (κ1) is 15.3. The number of anilines is 1. The molecule has 1 aromatic rings. The Hall–Kier alpha value is -1.10. The zero-order valence-corrected chi connectivity index (χ0v) is 13.9. The normalized spacial score (nSPS) is 18.8. The number of halogens is 1. The van der Waals surface area contributed by atoms with Gasteiger partial charge in [-0.3, -0.25) is 4.79 Å². The Balaban J connectivity index is 2.11. The summed E-state index contributed by atoms with van der Waals surface area (Å²) >= 11 is 3.34. The van der Waals surface area contributed by atoms with Gasteiger partial charge in [-0.15, -0.1) is 0 Å². The molecule has 4 nitrogen and oxygen atoms in total. The molecular weight excluding hydrogens is 318 g/mol. The summed E-state index contributed by atoms with van der Waals surface area (Å²) in [6.07, 6.45) is 6.02. The summed E-state index contributed by atoms with van der Waals surface area (Å²) in [6.45, 7) is 4.59. The van der Waals surface area contributed by atoms with E-state index < -0.39 is 0 Å². The number of hydrogen-bond donors (Lipinski definition) is 1. The van der Waals surface area contributed by atoms with Crippen molar-refractivity contribution in [2.45, 2.75) is 45.6 Å². The number of hydrogen-bond acceptors (Lipinski definition) is 3. The zero-order valence-electron chi connectivity index (χ0n) is 12.3. The average molecular weight is 340 g/mol. The van der Waals surface area contributed by atoms with Crippen LogP contribution in [-0.4, -0.2) is 28.9 Å². The number of nitrogens with zero attached hydrogens (tertiary/aromatic N) is 2. The molecule has 2 N–H and O–H groups in total. The van der Waals surface area contributed by atoms with Crippen LogP contribution in [0.1, 0.15) is 49.9 Å². The molecule has 5 heteroatoms. The van der Waals surface area contributed by atoms with Gasteiger partial charge >= 0.3 is 0 Å². The maximum atomic E-state index is 12.6. The van der Waals surface area contributed by atoms with E-state index in [-0.39, 0.29) is 5.91 Å². The molecule has 0 radical (unpaired) electrons. The van der Waals surface area contributed by atoms with Crippen LogP contribution >= 0.6 is 15.9 Å². The fourth-order valence-corrected chi connectivity index (χ4v) is 3.08. The van der Waals surface area contributed by atoms with E-state index >= 15 is 0 Å². The molecule has 0 spiro atoms. The zero-order chi connectivity index (χ0) is 14.9. The summed E-state index contributed by atoms with van der Waals surface area (Å²) in [5.41, 5.74) is 6.70. The molecule has 2 rings (SSSR count). The first-order chi connectivity index (χ1) is 9.30. The number of pyridine rings is 1. The van der Waals surface area contributed by atoms with E-state index in [1.807, 2.05) is 11.9 Å². The number of carbonyl (C=O) groups is 1. The fourth-order valence-electron chi connectivity index (χ4n) is 2.75. The third-order valence-corrected chi connectivity index (χ3v) is 4.73. The largest absolute Gasteiger partial charge is 0.383 e. The molecule has 0 aromatic carbocycles. The Kier molecular flexibility index (Phi) is 4.37. The number of carbonyl (C=O) groups excluding carboxylic acids is 1. The van der Waals surface area contributed by atoms with Gasteiger partial charge in [0.2, 0.25) is 0 Å². The van der Waals surface area contributed by atoms with E-state index in [9.17, 15) is 4.79 Å². The first-order valence-electron chi connectivity index (χ1n) is 6.98. The molecule has 0 atom stereocenters. The molecular formula is C15H22BrN3O. The highest BCUT2D eigenvalue weighted by Gasteiger charge is 2.31. The van der Waals surface area contributed by atoms with Crippen LogP contribution in [0, 0.1) is 5.41 Å². The number of nitrogens with two attached hydrogens (primary N) is 1. The Morgan fingerprint density at radius 1 is 1.45 bits per heavy atom. The molecule has 0 bridgehead atoms. The second-order valence-corrected chi connectivity index (χ2v) is 7.31. The Morgan fingerprint density at radius 3 is 2.65 bits per heavy atom. The van der Waals surface area contributed by atoms with Crippen molar-refractivity contribution in [3.8, 4) is 0 Å². The second-order valence-electron chi connectivity index (χ2n) is 6.40. The molecule has 1 saturated carbocycles. The molecule has 110 valence electrons. The molecule has 0 unspecified atom stereocenters. The van der Waals surface area contributed by atoms with Gasteiger partial charge in [0.05, 0.1) is 5.56 Å². The molecule has 1 amide bonds. The SMILES string of the molecule is CN(C(=O)c1cc(Br)cnc1N)C1CCC(C)(C)CC1. The van der Waals surface area contributed by atoms with Gasteiger partial charge in [-0.05, 0) is 53.1 Å². The van der Waals surface area contributed by atoms with Crippen LogP contribution in [0.5, 0.6) is 0 Å². The summed E-state index contributed by atoms with van der Waals surface area (Å²) in [6, 6.07) is 2.04. The molecule has 0 saturated heterocycles. The second kappa shape index (κ2) is 5.72. The number of amides is 1.